The topological polar surface area (TPSA) is 37.3 Å². The molecule has 0 saturated heterocycles. The van der Waals surface area contributed by atoms with Crippen LogP contribution in [0.2, 0.25) is 0 Å². The van der Waals surface area contributed by atoms with Crippen LogP contribution in [-0.2, 0) is 4.79 Å². The van der Waals surface area contributed by atoms with E-state index in [0.717, 1.165) is 24.8 Å². The van der Waals surface area contributed by atoms with Crippen molar-refractivity contribution in [3.05, 3.63) is 48.0 Å². The zero-order valence-electron chi connectivity index (χ0n) is 9.17. The van der Waals surface area contributed by atoms with Crippen molar-refractivity contribution in [1.29, 1.82) is 0 Å². The van der Waals surface area contributed by atoms with Crippen molar-refractivity contribution in [2.75, 3.05) is 0 Å². The van der Waals surface area contributed by atoms with Crippen LogP contribution < -0.4 is 0 Å². The van der Waals surface area contributed by atoms with Gasteiger partial charge < -0.3 is 5.11 Å². The summed E-state index contributed by atoms with van der Waals surface area (Å²) in [5.74, 6) is -0.964. The predicted molar refractivity (Wildman–Crippen MR) is 63.3 cm³/mol. The SMILES string of the molecule is O=C(O)[C@@H](c1ccccc1)[C@@H]1C=CCCC1. The van der Waals surface area contributed by atoms with Gasteiger partial charge in [0.2, 0.25) is 0 Å². The van der Waals surface area contributed by atoms with Gasteiger partial charge in [0.1, 0.15) is 0 Å². The van der Waals surface area contributed by atoms with Crippen LogP contribution >= 0.6 is 0 Å². The highest BCUT2D eigenvalue weighted by molar-refractivity contribution is 5.76. The van der Waals surface area contributed by atoms with Gasteiger partial charge in [0.05, 0.1) is 5.92 Å². The number of carboxylic acid groups (broad SMARTS) is 1. The summed E-state index contributed by atoms with van der Waals surface area (Å²) in [7, 11) is 0. The van der Waals surface area contributed by atoms with Gasteiger partial charge in [-0.3, -0.25) is 4.79 Å². The van der Waals surface area contributed by atoms with Gasteiger partial charge in [-0.05, 0) is 30.7 Å². The van der Waals surface area contributed by atoms with Crippen LogP contribution in [-0.4, -0.2) is 11.1 Å². The number of aliphatic carboxylic acids is 1. The summed E-state index contributed by atoms with van der Waals surface area (Å²) in [6.45, 7) is 0. The molecule has 2 nitrogen and oxygen atoms in total. The van der Waals surface area contributed by atoms with Crippen LogP contribution in [0.4, 0.5) is 0 Å². The van der Waals surface area contributed by atoms with Gasteiger partial charge in [-0.1, -0.05) is 42.5 Å². The standard InChI is InChI=1S/C14H16O2/c15-14(16)13(11-7-3-1-4-8-11)12-9-5-2-6-10-12/h1,3-5,7-9,12-13H,2,6,10H2,(H,15,16)/t12-,13+/m1/s1. The Morgan fingerprint density at radius 3 is 2.62 bits per heavy atom. The highest BCUT2D eigenvalue weighted by atomic mass is 16.4. The Bertz CT molecular complexity index is 381. The maximum absolute atomic E-state index is 11.4. The number of carbonyl (C=O) groups is 1. The molecule has 2 rings (SSSR count). The summed E-state index contributed by atoms with van der Waals surface area (Å²) >= 11 is 0. The van der Waals surface area contributed by atoms with Gasteiger partial charge >= 0.3 is 5.97 Å². The average molecular weight is 216 g/mol. The van der Waals surface area contributed by atoms with Crippen molar-refractivity contribution in [3.8, 4) is 0 Å². The third kappa shape index (κ3) is 2.32. The maximum Gasteiger partial charge on any atom is 0.311 e. The molecule has 0 bridgehead atoms. The van der Waals surface area contributed by atoms with Crippen molar-refractivity contribution in [1.82, 2.24) is 0 Å². The highest BCUT2D eigenvalue weighted by Crippen LogP contribution is 2.32. The number of hydrogen-bond acceptors (Lipinski definition) is 1. The lowest BCUT2D eigenvalue weighted by atomic mass is 9.80. The molecule has 84 valence electrons. The lowest BCUT2D eigenvalue weighted by Gasteiger charge is -2.23. The first-order valence-electron chi connectivity index (χ1n) is 5.73. The third-order valence-corrected chi connectivity index (χ3v) is 3.14. The summed E-state index contributed by atoms with van der Waals surface area (Å²) in [4.78, 5) is 11.4. The zero-order chi connectivity index (χ0) is 11.4. The molecule has 0 radical (unpaired) electrons. The molecule has 0 unspecified atom stereocenters. The molecule has 16 heavy (non-hydrogen) atoms. The van der Waals surface area contributed by atoms with Crippen LogP contribution in [0.3, 0.4) is 0 Å². The van der Waals surface area contributed by atoms with Gasteiger partial charge in [-0.15, -0.1) is 0 Å². The normalized spacial score (nSPS) is 21.6. The Hall–Kier alpha value is -1.57. The molecule has 0 heterocycles. The Morgan fingerprint density at radius 2 is 2.06 bits per heavy atom. The second-order valence-corrected chi connectivity index (χ2v) is 4.25. The molecule has 2 heteroatoms. The molecule has 0 spiro atoms. The van der Waals surface area contributed by atoms with E-state index in [9.17, 15) is 9.90 Å². The number of rotatable bonds is 3. The van der Waals surface area contributed by atoms with Gasteiger partial charge in [0, 0.05) is 0 Å². The lowest BCUT2D eigenvalue weighted by Crippen LogP contribution is -2.21. The second-order valence-electron chi connectivity index (χ2n) is 4.25. The Morgan fingerprint density at radius 1 is 1.31 bits per heavy atom. The fourth-order valence-electron chi connectivity index (χ4n) is 2.35. The first-order chi connectivity index (χ1) is 7.79. The maximum atomic E-state index is 11.4. The van der Waals surface area contributed by atoms with Gasteiger partial charge in [-0.2, -0.15) is 0 Å². The number of allylic oxidation sites excluding steroid dienone is 2. The van der Waals surface area contributed by atoms with Crippen LogP contribution in [0.15, 0.2) is 42.5 Å². The summed E-state index contributed by atoms with van der Waals surface area (Å²) in [5.41, 5.74) is 0.909. The van der Waals surface area contributed by atoms with Gasteiger partial charge in [-0.25, -0.2) is 0 Å². The van der Waals surface area contributed by atoms with Crippen LogP contribution in [0.1, 0.15) is 30.7 Å². The third-order valence-electron chi connectivity index (χ3n) is 3.14. The molecule has 2 atom stereocenters. The van der Waals surface area contributed by atoms with E-state index in [4.69, 9.17) is 0 Å². The summed E-state index contributed by atoms with van der Waals surface area (Å²) in [6.07, 6.45) is 7.32. The van der Waals surface area contributed by atoms with E-state index in [1.165, 1.54) is 0 Å². The smallest absolute Gasteiger partial charge is 0.311 e. The Balaban J connectivity index is 2.27. The van der Waals surface area contributed by atoms with Crippen molar-refractivity contribution in [3.63, 3.8) is 0 Å². The molecule has 1 aromatic rings. The van der Waals surface area contributed by atoms with E-state index < -0.39 is 11.9 Å². The van der Waals surface area contributed by atoms with E-state index >= 15 is 0 Å². The second kappa shape index (κ2) is 4.97. The molecule has 0 fully saturated rings. The average Bonchev–Trinajstić information content (AvgIpc) is 2.31. The Kier molecular flexibility index (Phi) is 3.40. The van der Waals surface area contributed by atoms with Crippen LogP contribution in [0.5, 0.6) is 0 Å². The van der Waals surface area contributed by atoms with E-state index in [1.54, 1.807) is 0 Å². The molecule has 0 aliphatic heterocycles. The Labute approximate surface area is 95.6 Å². The minimum Gasteiger partial charge on any atom is -0.481 e. The molecule has 1 aliphatic rings. The first-order valence-corrected chi connectivity index (χ1v) is 5.73. The van der Waals surface area contributed by atoms with Crippen molar-refractivity contribution in [2.24, 2.45) is 5.92 Å². The molecule has 0 aromatic heterocycles. The van der Waals surface area contributed by atoms with E-state index in [2.05, 4.69) is 12.2 Å². The van der Waals surface area contributed by atoms with Crippen molar-refractivity contribution in [2.45, 2.75) is 25.2 Å². The largest absolute Gasteiger partial charge is 0.481 e. The highest BCUT2D eigenvalue weighted by Gasteiger charge is 2.28. The molecular weight excluding hydrogens is 200 g/mol. The molecule has 1 aromatic carbocycles. The molecule has 0 amide bonds. The summed E-state index contributed by atoms with van der Waals surface area (Å²) in [5, 5.41) is 9.35. The lowest BCUT2D eigenvalue weighted by molar-refractivity contribution is -0.139. The molecule has 1 N–H and O–H groups in total. The van der Waals surface area contributed by atoms with Gasteiger partial charge in [0.25, 0.3) is 0 Å². The number of carboxylic acids is 1. The van der Waals surface area contributed by atoms with Crippen LogP contribution in [0.25, 0.3) is 0 Å². The molecule has 1 aliphatic carbocycles. The number of hydrogen-bond donors (Lipinski definition) is 1. The van der Waals surface area contributed by atoms with E-state index in [-0.39, 0.29) is 5.92 Å². The molecular formula is C14H16O2. The molecule has 0 saturated carbocycles. The minimum atomic E-state index is -0.720. The van der Waals surface area contributed by atoms with Crippen molar-refractivity contribution >= 4 is 5.97 Å². The summed E-state index contributed by atoms with van der Waals surface area (Å²) in [6, 6.07) is 9.53. The minimum absolute atomic E-state index is 0.147. The quantitative estimate of drug-likeness (QED) is 0.788. The fourth-order valence-corrected chi connectivity index (χ4v) is 2.35. The predicted octanol–water partition coefficient (Wildman–Crippen LogP) is 3.21. The monoisotopic (exact) mass is 216 g/mol. The summed E-state index contributed by atoms with van der Waals surface area (Å²) < 4.78 is 0. The van der Waals surface area contributed by atoms with E-state index in [1.807, 2.05) is 30.3 Å². The number of benzene rings is 1. The van der Waals surface area contributed by atoms with Crippen LogP contribution in [0, 0.1) is 5.92 Å². The first kappa shape index (κ1) is 10.9. The van der Waals surface area contributed by atoms with E-state index in [0.29, 0.717) is 0 Å². The fraction of sp³-hybridized carbons (Fsp3) is 0.357. The van der Waals surface area contributed by atoms with Crippen molar-refractivity contribution < 1.29 is 9.90 Å². The van der Waals surface area contributed by atoms with Gasteiger partial charge in [0.15, 0.2) is 0 Å². The zero-order valence-corrected chi connectivity index (χ0v) is 9.17.